The average Bonchev–Trinajstić information content (AvgIpc) is 3.85. The first-order chi connectivity index (χ1) is 32.1. The van der Waals surface area contributed by atoms with Crippen LogP contribution < -0.4 is 0 Å². The lowest BCUT2D eigenvalue weighted by Crippen LogP contribution is -2.64. The third-order valence-electron chi connectivity index (χ3n) is 18.2. The van der Waals surface area contributed by atoms with E-state index in [1.807, 2.05) is 5.57 Å². The molecule has 0 N–H and O–H groups in total. The van der Waals surface area contributed by atoms with Crippen LogP contribution in [0, 0.1) is 11.8 Å². The van der Waals surface area contributed by atoms with Crippen molar-refractivity contribution in [3.8, 4) is 0 Å². The van der Waals surface area contributed by atoms with Gasteiger partial charge in [-0.3, -0.25) is 0 Å². The molecule has 4 aliphatic carbocycles. The van der Waals surface area contributed by atoms with Crippen LogP contribution in [0.15, 0.2) is 42.0 Å². The largest absolute Gasteiger partial charge is 0.316 e. The molecular formula is C64H113NSi. The van der Waals surface area contributed by atoms with E-state index in [-0.39, 0.29) is 11.0 Å². The number of rotatable bonds is 37. The summed E-state index contributed by atoms with van der Waals surface area (Å²) < 4.78 is 3.20. The Bertz CT molecular complexity index is 1450. The Hall–Kier alpha value is -1.12. The van der Waals surface area contributed by atoms with E-state index in [1.165, 1.54) is 263 Å². The van der Waals surface area contributed by atoms with Crippen LogP contribution in [-0.4, -0.2) is 24.4 Å². The summed E-state index contributed by atoms with van der Waals surface area (Å²) in [6.07, 6.45) is 65.0. The summed E-state index contributed by atoms with van der Waals surface area (Å²) in [5.74, 6) is 1.45. The Balaban J connectivity index is 1.19. The summed E-state index contributed by atoms with van der Waals surface area (Å²) in [5, 5.41) is 0. The normalized spacial score (nSPS) is 20.7. The van der Waals surface area contributed by atoms with Crippen LogP contribution in [0.1, 0.15) is 309 Å². The maximum absolute atomic E-state index is 3.20. The minimum atomic E-state index is -1.77. The summed E-state index contributed by atoms with van der Waals surface area (Å²) in [5.41, 5.74) is 8.13. The number of nitrogens with zero attached hydrogens (tertiary/aromatic N) is 1. The first-order valence-corrected chi connectivity index (χ1v) is 33.5. The lowest BCUT2D eigenvalue weighted by molar-refractivity contribution is 0.140. The zero-order chi connectivity index (χ0) is 46.9. The van der Waals surface area contributed by atoms with Crippen LogP contribution in [0.25, 0.3) is 5.57 Å². The molecule has 0 radical (unpaired) electrons. The van der Waals surface area contributed by atoms with Crippen LogP contribution in [-0.2, 0) is 5.41 Å². The van der Waals surface area contributed by atoms with Gasteiger partial charge in [-0.05, 0) is 92.5 Å². The van der Waals surface area contributed by atoms with Gasteiger partial charge in [0.1, 0.15) is 8.24 Å². The highest BCUT2D eigenvalue weighted by molar-refractivity contribution is 6.76. The Morgan fingerprint density at radius 3 is 1.33 bits per heavy atom. The van der Waals surface area contributed by atoms with Gasteiger partial charge >= 0.3 is 0 Å². The number of allylic oxidation sites excluding steroid dienone is 4. The summed E-state index contributed by atoms with van der Waals surface area (Å²) in [4.78, 5) is 0. The third kappa shape index (κ3) is 17.0. The molecule has 5 rings (SSSR count). The summed E-state index contributed by atoms with van der Waals surface area (Å²) in [6, 6.07) is 10.7. The smallest absolute Gasteiger partial charge is 0.126 e. The summed E-state index contributed by atoms with van der Waals surface area (Å²) >= 11 is 0. The quantitative estimate of drug-likeness (QED) is 0.0475. The number of hydrogen-bond acceptors (Lipinski definition) is 1. The minimum absolute atomic E-state index is 0.214. The van der Waals surface area contributed by atoms with Crippen molar-refractivity contribution in [1.82, 2.24) is 4.57 Å². The van der Waals surface area contributed by atoms with E-state index in [0.29, 0.717) is 0 Å². The first kappa shape index (κ1) is 55.8. The van der Waals surface area contributed by atoms with Gasteiger partial charge < -0.3 is 4.57 Å². The van der Waals surface area contributed by atoms with Crippen molar-refractivity contribution in [3.63, 3.8) is 0 Å². The van der Waals surface area contributed by atoms with Crippen LogP contribution in [0.5, 0.6) is 0 Å². The lowest BCUT2D eigenvalue weighted by Gasteiger charge is -2.55. The van der Waals surface area contributed by atoms with Crippen molar-refractivity contribution in [3.05, 3.63) is 53.1 Å². The van der Waals surface area contributed by atoms with Crippen LogP contribution >= 0.6 is 0 Å². The Labute approximate surface area is 414 Å². The number of hydrogen-bond donors (Lipinski definition) is 0. The maximum Gasteiger partial charge on any atom is 0.126 e. The fourth-order valence-electron chi connectivity index (χ4n) is 14.8. The predicted molar refractivity (Wildman–Crippen MR) is 298 cm³/mol. The second-order valence-corrected chi connectivity index (χ2v) is 29.3. The molecule has 0 saturated heterocycles. The van der Waals surface area contributed by atoms with E-state index in [4.69, 9.17) is 0 Å². The number of fused-ring (bicyclic) bond motifs is 4. The van der Waals surface area contributed by atoms with Gasteiger partial charge in [-0.15, -0.1) is 0 Å². The van der Waals surface area contributed by atoms with Gasteiger partial charge in [0.25, 0.3) is 0 Å². The van der Waals surface area contributed by atoms with E-state index in [0.717, 1.165) is 23.4 Å². The van der Waals surface area contributed by atoms with E-state index >= 15 is 0 Å². The minimum Gasteiger partial charge on any atom is -0.316 e. The van der Waals surface area contributed by atoms with Crippen molar-refractivity contribution in [2.24, 2.45) is 11.8 Å². The molecular weight excluding hydrogens is 811 g/mol. The molecule has 2 fully saturated rings. The van der Waals surface area contributed by atoms with Crippen LogP contribution in [0.3, 0.4) is 0 Å². The van der Waals surface area contributed by atoms with E-state index in [2.05, 4.69) is 88.7 Å². The highest BCUT2D eigenvalue weighted by atomic mass is 28.3. The molecule has 1 aromatic carbocycles. The Morgan fingerprint density at radius 2 is 0.909 bits per heavy atom. The molecule has 1 nitrogen and oxygen atoms in total. The predicted octanol–water partition coefficient (Wildman–Crippen LogP) is 21.6. The third-order valence-corrected chi connectivity index (χ3v) is 22.9. The van der Waals surface area contributed by atoms with Crippen LogP contribution in [0.2, 0.25) is 18.6 Å². The summed E-state index contributed by atoms with van der Waals surface area (Å²) in [6.45, 7) is 18.0. The molecule has 3 unspecified atom stereocenters. The second-order valence-electron chi connectivity index (χ2n) is 24.8. The fourth-order valence-corrected chi connectivity index (χ4v) is 20.3. The van der Waals surface area contributed by atoms with Gasteiger partial charge in [0.15, 0.2) is 0 Å². The van der Waals surface area contributed by atoms with Crippen molar-refractivity contribution >= 4 is 13.8 Å². The maximum atomic E-state index is 3.20. The van der Waals surface area contributed by atoms with Crippen molar-refractivity contribution in [2.75, 3.05) is 0 Å². The molecule has 0 heterocycles. The molecule has 378 valence electrons. The van der Waals surface area contributed by atoms with Gasteiger partial charge in [0.2, 0.25) is 0 Å². The molecule has 0 bridgehead atoms. The second kappa shape index (κ2) is 30.6. The molecule has 1 aromatic rings. The Morgan fingerprint density at radius 1 is 0.500 bits per heavy atom. The lowest BCUT2D eigenvalue weighted by atomic mass is 9.68. The molecule has 3 atom stereocenters. The molecule has 0 aliphatic heterocycles. The van der Waals surface area contributed by atoms with Crippen molar-refractivity contribution < 1.29 is 0 Å². The van der Waals surface area contributed by atoms with E-state index in [1.54, 1.807) is 16.7 Å². The Kier molecular flexibility index (Phi) is 25.9. The van der Waals surface area contributed by atoms with Crippen LogP contribution in [0.4, 0.5) is 0 Å². The highest BCUT2D eigenvalue weighted by Crippen LogP contribution is 2.62. The topological polar surface area (TPSA) is 3.24 Å². The van der Waals surface area contributed by atoms with E-state index < -0.39 is 8.24 Å². The zero-order valence-corrected chi connectivity index (χ0v) is 46.7. The molecule has 2 heteroatoms. The highest BCUT2D eigenvalue weighted by Gasteiger charge is 2.54. The summed E-state index contributed by atoms with van der Waals surface area (Å²) in [7, 11) is -1.77. The van der Waals surface area contributed by atoms with Crippen molar-refractivity contribution in [1.29, 1.82) is 0 Å². The molecule has 4 aliphatic rings. The standard InChI is InChI=1S/C64H113NSi/c1-8-10-12-14-16-18-20-22-24-26-28-30-32-34-36-43-51-64(52-44-37-35-33-31-29-27-25-23-21-19-17-15-13-11-9-2)60-48-42-41-47-57(60)59-53-55-49-50-62(58(55)54-61(59)64)66(6,7)65(63(3,4)5)56-45-39-38-40-46-56/h41-42,47-48,53-56,58,62H,8-40,43-46,49-52H2,1-7H3. The van der Waals surface area contributed by atoms with Gasteiger partial charge in [-0.25, -0.2) is 0 Å². The SMILES string of the molecule is CCCCCCCCCCCCCCCCCCC1(CCCCCCCCCCCCCCCCCC)C2=CC3C(C=C2c2ccccc21)CCC3[Si](C)(C)N(C1CCCCC1)C(C)(C)C. The number of unbranched alkanes of at least 4 members (excludes halogenated alkanes) is 30. The molecule has 2 saturated carbocycles. The molecule has 0 spiro atoms. The zero-order valence-electron chi connectivity index (χ0n) is 45.7. The molecule has 0 aromatic heterocycles. The average molecular weight is 925 g/mol. The molecule has 0 amide bonds. The van der Waals surface area contributed by atoms with Gasteiger partial charge in [-0.2, -0.15) is 0 Å². The van der Waals surface area contributed by atoms with Gasteiger partial charge in [0, 0.05) is 17.0 Å². The van der Waals surface area contributed by atoms with Gasteiger partial charge in [-0.1, -0.05) is 295 Å². The van der Waals surface area contributed by atoms with Crippen molar-refractivity contribution in [2.45, 2.75) is 334 Å². The number of benzene rings is 1. The fraction of sp³-hybridized carbons (Fsp3) is 0.844. The first-order valence-electron chi connectivity index (χ1n) is 30.5. The van der Waals surface area contributed by atoms with E-state index in [9.17, 15) is 0 Å². The van der Waals surface area contributed by atoms with Gasteiger partial charge in [0.05, 0.1) is 0 Å². The molecule has 66 heavy (non-hydrogen) atoms. The monoisotopic (exact) mass is 924 g/mol.